The molecule has 18 heavy (non-hydrogen) atoms. The van der Waals surface area contributed by atoms with Crippen LogP contribution in [0.4, 0.5) is 0 Å². The number of amides is 1. The summed E-state index contributed by atoms with van der Waals surface area (Å²) in [7, 11) is 0. The summed E-state index contributed by atoms with van der Waals surface area (Å²) >= 11 is 0. The van der Waals surface area contributed by atoms with Crippen LogP contribution in [0.1, 0.15) is 64.2 Å². The fourth-order valence-corrected chi connectivity index (χ4v) is 3.20. The van der Waals surface area contributed by atoms with Crippen LogP contribution in [0.5, 0.6) is 0 Å². The number of rotatable bonds is 4. The highest BCUT2D eigenvalue weighted by Crippen LogP contribution is 2.18. The molecule has 0 aromatic heterocycles. The van der Waals surface area contributed by atoms with Crippen molar-refractivity contribution in [3.05, 3.63) is 0 Å². The third kappa shape index (κ3) is 4.97. The summed E-state index contributed by atoms with van der Waals surface area (Å²) in [4.78, 5) is 11.9. The Bertz CT molecular complexity index is 241. The molecule has 3 heteroatoms. The Kier molecular flexibility index (Phi) is 5.98. The highest BCUT2D eigenvalue weighted by atomic mass is 16.1. The summed E-state index contributed by atoms with van der Waals surface area (Å²) in [6.07, 6.45) is 12.1. The molecule has 3 nitrogen and oxygen atoms in total. The lowest BCUT2D eigenvalue weighted by Crippen LogP contribution is -2.35. The molecule has 0 radical (unpaired) electrons. The molecule has 1 saturated heterocycles. The van der Waals surface area contributed by atoms with E-state index in [0.717, 1.165) is 31.8 Å². The van der Waals surface area contributed by atoms with Crippen LogP contribution in [0.2, 0.25) is 0 Å². The molecule has 1 aliphatic heterocycles. The first-order chi connectivity index (χ1) is 8.84. The third-order valence-corrected chi connectivity index (χ3v) is 4.41. The Morgan fingerprint density at radius 2 is 1.78 bits per heavy atom. The molecule has 0 aromatic carbocycles. The van der Waals surface area contributed by atoms with E-state index in [0.29, 0.717) is 6.04 Å². The van der Waals surface area contributed by atoms with E-state index < -0.39 is 0 Å². The van der Waals surface area contributed by atoms with Gasteiger partial charge in [0, 0.05) is 12.5 Å². The maximum atomic E-state index is 11.9. The highest BCUT2D eigenvalue weighted by molar-refractivity contribution is 5.76. The Hall–Kier alpha value is -0.570. The van der Waals surface area contributed by atoms with Gasteiger partial charge >= 0.3 is 0 Å². The Balaban J connectivity index is 1.62. The quantitative estimate of drug-likeness (QED) is 0.807. The molecule has 1 atom stereocenters. The molecular weight excluding hydrogens is 224 g/mol. The average Bonchev–Trinajstić information content (AvgIpc) is 2.83. The number of hydrogen-bond acceptors (Lipinski definition) is 2. The van der Waals surface area contributed by atoms with Crippen LogP contribution in [0.3, 0.4) is 0 Å². The molecule has 1 aliphatic carbocycles. The second-order valence-electron chi connectivity index (χ2n) is 6.01. The van der Waals surface area contributed by atoms with Gasteiger partial charge in [-0.1, -0.05) is 32.1 Å². The fourth-order valence-electron chi connectivity index (χ4n) is 3.20. The van der Waals surface area contributed by atoms with E-state index in [1.807, 2.05) is 0 Å². The van der Waals surface area contributed by atoms with Crippen LogP contribution in [0.15, 0.2) is 0 Å². The lowest BCUT2D eigenvalue weighted by Gasteiger charge is -2.21. The van der Waals surface area contributed by atoms with Crippen LogP contribution in [-0.2, 0) is 4.79 Å². The van der Waals surface area contributed by atoms with Gasteiger partial charge in [0.25, 0.3) is 0 Å². The van der Waals surface area contributed by atoms with E-state index in [9.17, 15) is 4.79 Å². The van der Waals surface area contributed by atoms with Gasteiger partial charge in [-0.05, 0) is 44.7 Å². The molecule has 2 aliphatic rings. The van der Waals surface area contributed by atoms with Crippen LogP contribution in [-0.4, -0.2) is 25.0 Å². The monoisotopic (exact) mass is 252 g/mol. The summed E-state index contributed by atoms with van der Waals surface area (Å²) in [6, 6.07) is 0.458. The van der Waals surface area contributed by atoms with Crippen molar-refractivity contribution < 1.29 is 4.79 Å². The molecule has 2 rings (SSSR count). The first kappa shape index (κ1) is 13.9. The average molecular weight is 252 g/mol. The van der Waals surface area contributed by atoms with Crippen molar-refractivity contribution in [3.63, 3.8) is 0 Å². The number of nitrogens with one attached hydrogen (secondary N) is 2. The zero-order valence-corrected chi connectivity index (χ0v) is 11.5. The predicted molar refractivity (Wildman–Crippen MR) is 74.5 cm³/mol. The first-order valence-electron chi connectivity index (χ1n) is 7.84. The molecule has 104 valence electrons. The number of carbonyl (C=O) groups excluding carboxylic acids is 1. The Morgan fingerprint density at radius 3 is 2.44 bits per heavy atom. The number of carbonyl (C=O) groups is 1. The smallest absolute Gasteiger partial charge is 0.220 e. The van der Waals surface area contributed by atoms with E-state index in [1.165, 1.54) is 51.4 Å². The Morgan fingerprint density at radius 1 is 1.06 bits per heavy atom. The first-order valence-corrected chi connectivity index (χ1v) is 7.84. The molecular formula is C15H28N2O. The standard InChI is InChI=1S/C15H28N2O/c18-15(9-8-13-10-11-16-12-13)17-14-6-4-2-1-3-5-7-14/h13-14,16H,1-12H2,(H,17,18). The van der Waals surface area contributed by atoms with Gasteiger partial charge in [-0.25, -0.2) is 0 Å². The Labute approximate surface area is 111 Å². The lowest BCUT2D eigenvalue weighted by molar-refractivity contribution is -0.122. The van der Waals surface area contributed by atoms with Gasteiger partial charge in [0.2, 0.25) is 5.91 Å². The van der Waals surface area contributed by atoms with Crippen molar-refractivity contribution in [2.45, 2.75) is 70.3 Å². The van der Waals surface area contributed by atoms with E-state index in [1.54, 1.807) is 0 Å². The van der Waals surface area contributed by atoms with Crippen molar-refractivity contribution in [2.75, 3.05) is 13.1 Å². The maximum absolute atomic E-state index is 11.9. The minimum atomic E-state index is 0.285. The molecule has 2 N–H and O–H groups in total. The van der Waals surface area contributed by atoms with Crippen LogP contribution < -0.4 is 10.6 Å². The molecule has 0 aromatic rings. The summed E-state index contributed by atoms with van der Waals surface area (Å²) < 4.78 is 0. The van der Waals surface area contributed by atoms with Gasteiger partial charge in [0.1, 0.15) is 0 Å². The predicted octanol–water partition coefficient (Wildman–Crippen LogP) is 2.61. The minimum Gasteiger partial charge on any atom is -0.353 e. The summed E-state index contributed by atoms with van der Waals surface area (Å²) in [5.41, 5.74) is 0. The molecule has 1 unspecified atom stereocenters. The van der Waals surface area contributed by atoms with Crippen molar-refractivity contribution in [1.29, 1.82) is 0 Å². The molecule has 0 spiro atoms. The van der Waals surface area contributed by atoms with E-state index in [-0.39, 0.29) is 5.91 Å². The SMILES string of the molecule is O=C(CCC1CCNC1)NC1CCCCCCC1. The van der Waals surface area contributed by atoms with E-state index in [4.69, 9.17) is 0 Å². The van der Waals surface area contributed by atoms with Crippen molar-refractivity contribution in [3.8, 4) is 0 Å². The molecule has 1 saturated carbocycles. The molecule has 1 heterocycles. The van der Waals surface area contributed by atoms with Crippen LogP contribution in [0.25, 0.3) is 0 Å². The van der Waals surface area contributed by atoms with Crippen molar-refractivity contribution >= 4 is 5.91 Å². The largest absolute Gasteiger partial charge is 0.353 e. The van der Waals surface area contributed by atoms with E-state index in [2.05, 4.69) is 10.6 Å². The second kappa shape index (κ2) is 7.78. The minimum absolute atomic E-state index is 0.285. The van der Waals surface area contributed by atoms with Gasteiger partial charge in [-0.3, -0.25) is 4.79 Å². The van der Waals surface area contributed by atoms with E-state index >= 15 is 0 Å². The summed E-state index contributed by atoms with van der Waals surface area (Å²) in [6.45, 7) is 2.24. The zero-order chi connectivity index (χ0) is 12.6. The van der Waals surface area contributed by atoms with Gasteiger partial charge in [0.15, 0.2) is 0 Å². The highest BCUT2D eigenvalue weighted by Gasteiger charge is 2.17. The topological polar surface area (TPSA) is 41.1 Å². The maximum Gasteiger partial charge on any atom is 0.220 e. The molecule has 1 amide bonds. The fraction of sp³-hybridized carbons (Fsp3) is 0.933. The van der Waals surface area contributed by atoms with Crippen molar-refractivity contribution in [2.24, 2.45) is 5.92 Å². The third-order valence-electron chi connectivity index (χ3n) is 4.41. The summed E-state index contributed by atoms with van der Waals surface area (Å²) in [5, 5.41) is 6.61. The van der Waals surface area contributed by atoms with Gasteiger partial charge in [-0.2, -0.15) is 0 Å². The molecule has 0 bridgehead atoms. The lowest BCUT2D eigenvalue weighted by atomic mass is 9.96. The zero-order valence-electron chi connectivity index (χ0n) is 11.5. The van der Waals surface area contributed by atoms with Gasteiger partial charge in [0.05, 0.1) is 0 Å². The molecule has 2 fully saturated rings. The number of hydrogen-bond donors (Lipinski definition) is 2. The van der Waals surface area contributed by atoms with Crippen LogP contribution in [0, 0.1) is 5.92 Å². The van der Waals surface area contributed by atoms with Gasteiger partial charge < -0.3 is 10.6 Å². The van der Waals surface area contributed by atoms with Crippen molar-refractivity contribution in [1.82, 2.24) is 10.6 Å². The summed E-state index contributed by atoms with van der Waals surface area (Å²) in [5.74, 6) is 1.01. The second-order valence-corrected chi connectivity index (χ2v) is 6.01. The normalized spacial score (nSPS) is 26.6. The van der Waals surface area contributed by atoms with Crippen LogP contribution >= 0.6 is 0 Å². The van der Waals surface area contributed by atoms with Gasteiger partial charge in [-0.15, -0.1) is 0 Å².